The van der Waals surface area contributed by atoms with E-state index < -0.39 is 0 Å². The first-order valence-electron chi connectivity index (χ1n) is 4.32. The van der Waals surface area contributed by atoms with E-state index in [2.05, 4.69) is 9.97 Å². The predicted molar refractivity (Wildman–Crippen MR) is 52.6 cm³/mol. The second-order valence-electron chi connectivity index (χ2n) is 2.95. The number of ether oxygens (including phenoxy) is 2. The average Bonchev–Trinajstić information content (AvgIpc) is 2.16. The van der Waals surface area contributed by atoms with Crippen LogP contribution >= 0.6 is 0 Å². The number of anilines is 1. The van der Waals surface area contributed by atoms with Crippen molar-refractivity contribution in [1.29, 1.82) is 0 Å². The monoisotopic (exact) mass is 197 g/mol. The van der Waals surface area contributed by atoms with Gasteiger partial charge in [0.1, 0.15) is 11.9 Å². The largest absolute Gasteiger partial charge is 0.384 e. The molecule has 0 saturated carbocycles. The highest BCUT2D eigenvalue weighted by molar-refractivity contribution is 5.29. The number of rotatable bonds is 4. The molecule has 0 fully saturated rings. The van der Waals surface area contributed by atoms with Gasteiger partial charge in [0.25, 0.3) is 0 Å². The second-order valence-corrected chi connectivity index (χ2v) is 2.95. The second kappa shape index (κ2) is 4.88. The molecule has 0 aliphatic heterocycles. The zero-order chi connectivity index (χ0) is 10.6. The maximum atomic E-state index is 5.62. The summed E-state index contributed by atoms with van der Waals surface area (Å²) >= 11 is 0. The van der Waals surface area contributed by atoms with Gasteiger partial charge < -0.3 is 15.2 Å². The first-order chi connectivity index (χ1) is 6.67. The summed E-state index contributed by atoms with van der Waals surface area (Å²) in [7, 11) is 3.21. The van der Waals surface area contributed by atoms with Crippen LogP contribution in [0.4, 0.5) is 5.82 Å². The molecule has 14 heavy (non-hydrogen) atoms. The van der Waals surface area contributed by atoms with Crippen LogP contribution in [0.5, 0.6) is 0 Å². The third-order valence-corrected chi connectivity index (χ3v) is 1.83. The zero-order valence-corrected chi connectivity index (χ0v) is 8.65. The first kappa shape index (κ1) is 10.9. The van der Waals surface area contributed by atoms with Crippen LogP contribution in [-0.2, 0) is 16.1 Å². The summed E-state index contributed by atoms with van der Waals surface area (Å²) in [6, 6.07) is 1.69. The minimum absolute atomic E-state index is 0.158. The van der Waals surface area contributed by atoms with E-state index in [0.29, 0.717) is 18.2 Å². The van der Waals surface area contributed by atoms with Crippen LogP contribution in [0.1, 0.15) is 24.5 Å². The van der Waals surface area contributed by atoms with E-state index in [9.17, 15) is 0 Å². The standard InChI is InChI=1S/C9H15N3O2/c1-6(14-3)9-11-7(5-13-2)4-8(10)12-9/h4,6H,5H2,1-3H3,(H2,10,11,12)/t6-/m0/s1. The van der Waals surface area contributed by atoms with Gasteiger partial charge >= 0.3 is 0 Å². The lowest BCUT2D eigenvalue weighted by Gasteiger charge is -2.10. The van der Waals surface area contributed by atoms with Gasteiger partial charge in [-0.05, 0) is 6.92 Å². The Bertz CT molecular complexity index is 304. The molecular formula is C9H15N3O2. The van der Waals surface area contributed by atoms with E-state index >= 15 is 0 Å². The molecule has 0 spiro atoms. The first-order valence-corrected chi connectivity index (χ1v) is 4.32. The van der Waals surface area contributed by atoms with Crippen LogP contribution in [0.2, 0.25) is 0 Å². The Morgan fingerprint density at radius 1 is 1.43 bits per heavy atom. The van der Waals surface area contributed by atoms with Crippen molar-refractivity contribution in [1.82, 2.24) is 9.97 Å². The molecule has 1 aromatic rings. The van der Waals surface area contributed by atoms with E-state index in [1.54, 1.807) is 20.3 Å². The van der Waals surface area contributed by atoms with Crippen molar-refractivity contribution < 1.29 is 9.47 Å². The summed E-state index contributed by atoms with van der Waals surface area (Å²) in [6.07, 6.45) is -0.158. The SMILES string of the molecule is COCc1cc(N)nc([C@H](C)OC)n1. The Labute approximate surface area is 83.3 Å². The molecule has 0 unspecified atom stereocenters. The van der Waals surface area contributed by atoms with Crippen molar-refractivity contribution in [3.63, 3.8) is 0 Å². The van der Waals surface area contributed by atoms with Crippen molar-refractivity contribution in [3.8, 4) is 0 Å². The molecule has 0 aliphatic rings. The van der Waals surface area contributed by atoms with Crippen molar-refractivity contribution in [2.24, 2.45) is 0 Å². The average molecular weight is 197 g/mol. The van der Waals surface area contributed by atoms with Crippen molar-refractivity contribution >= 4 is 5.82 Å². The van der Waals surface area contributed by atoms with E-state index in [0.717, 1.165) is 5.69 Å². The van der Waals surface area contributed by atoms with Gasteiger partial charge in [-0.2, -0.15) is 0 Å². The van der Waals surface area contributed by atoms with Gasteiger partial charge in [0.15, 0.2) is 5.82 Å². The normalized spacial score (nSPS) is 12.8. The minimum Gasteiger partial charge on any atom is -0.384 e. The molecule has 1 heterocycles. The van der Waals surface area contributed by atoms with Gasteiger partial charge in [-0.3, -0.25) is 0 Å². The lowest BCUT2D eigenvalue weighted by molar-refractivity contribution is 0.111. The smallest absolute Gasteiger partial charge is 0.159 e. The number of nitrogen functional groups attached to an aromatic ring is 1. The van der Waals surface area contributed by atoms with Crippen LogP contribution in [0.15, 0.2) is 6.07 Å². The zero-order valence-electron chi connectivity index (χ0n) is 8.65. The topological polar surface area (TPSA) is 70.3 Å². The number of hydrogen-bond acceptors (Lipinski definition) is 5. The van der Waals surface area contributed by atoms with Gasteiger partial charge in [-0.15, -0.1) is 0 Å². The molecule has 2 N–H and O–H groups in total. The molecular weight excluding hydrogens is 182 g/mol. The number of aromatic nitrogens is 2. The Hall–Kier alpha value is -1.20. The summed E-state index contributed by atoms with van der Waals surface area (Å²) in [5.74, 6) is 1.02. The summed E-state index contributed by atoms with van der Waals surface area (Å²) < 4.78 is 10.1. The van der Waals surface area contributed by atoms with Crippen LogP contribution in [-0.4, -0.2) is 24.2 Å². The molecule has 0 aromatic carbocycles. The fraction of sp³-hybridized carbons (Fsp3) is 0.556. The van der Waals surface area contributed by atoms with Crippen LogP contribution in [0, 0.1) is 0 Å². The minimum atomic E-state index is -0.158. The highest BCUT2D eigenvalue weighted by atomic mass is 16.5. The van der Waals surface area contributed by atoms with Gasteiger partial charge in [0.2, 0.25) is 0 Å². The summed E-state index contributed by atoms with van der Waals surface area (Å²) in [4.78, 5) is 8.33. The highest BCUT2D eigenvalue weighted by Gasteiger charge is 2.09. The van der Waals surface area contributed by atoms with Crippen molar-refractivity contribution in [2.75, 3.05) is 20.0 Å². The maximum absolute atomic E-state index is 5.62. The van der Waals surface area contributed by atoms with Crippen molar-refractivity contribution in [2.45, 2.75) is 19.6 Å². The van der Waals surface area contributed by atoms with Gasteiger partial charge in [0, 0.05) is 20.3 Å². The molecule has 0 saturated heterocycles. The Balaban J connectivity index is 2.94. The number of hydrogen-bond donors (Lipinski definition) is 1. The molecule has 1 rings (SSSR count). The van der Waals surface area contributed by atoms with E-state index in [1.165, 1.54) is 0 Å². The molecule has 0 aliphatic carbocycles. The molecule has 0 amide bonds. The molecule has 78 valence electrons. The molecule has 1 atom stereocenters. The summed E-state index contributed by atoms with van der Waals surface area (Å²) in [6.45, 7) is 2.29. The molecule has 5 heteroatoms. The number of methoxy groups -OCH3 is 2. The number of nitrogens with zero attached hydrogens (tertiary/aromatic N) is 2. The van der Waals surface area contributed by atoms with Gasteiger partial charge in [-0.1, -0.05) is 0 Å². The van der Waals surface area contributed by atoms with Gasteiger partial charge in [0.05, 0.1) is 12.3 Å². The van der Waals surface area contributed by atoms with Crippen LogP contribution in [0.3, 0.4) is 0 Å². The molecule has 0 radical (unpaired) electrons. The fourth-order valence-corrected chi connectivity index (χ4v) is 1.05. The quantitative estimate of drug-likeness (QED) is 0.777. The van der Waals surface area contributed by atoms with E-state index in [1.807, 2.05) is 6.92 Å². The maximum Gasteiger partial charge on any atom is 0.159 e. The summed E-state index contributed by atoms with van der Waals surface area (Å²) in [5, 5.41) is 0. The van der Waals surface area contributed by atoms with Crippen LogP contribution in [0.25, 0.3) is 0 Å². The van der Waals surface area contributed by atoms with Gasteiger partial charge in [-0.25, -0.2) is 9.97 Å². The van der Waals surface area contributed by atoms with E-state index in [-0.39, 0.29) is 6.10 Å². The van der Waals surface area contributed by atoms with Crippen molar-refractivity contribution in [3.05, 3.63) is 17.6 Å². The van der Waals surface area contributed by atoms with Crippen LogP contribution < -0.4 is 5.73 Å². The Kier molecular flexibility index (Phi) is 3.79. The molecule has 1 aromatic heterocycles. The summed E-state index contributed by atoms with van der Waals surface area (Å²) in [5.41, 5.74) is 6.38. The fourth-order valence-electron chi connectivity index (χ4n) is 1.05. The third-order valence-electron chi connectivity index (χ3n) is 1.83. The molecule has 5 nitrogen and oxygen atoms in total. The Morgan fingerprint density at radius 3 is 2.71 bits per heavy atom. The highest BCUT2D eigenvalue weighted by Crippen LogP contribution is 2.13. The van der Waals surface area contributed by atoms with E-state index in [4.69, 9.17) is 15.2 Å². The molecule has 0 bridgehead atoms. The third kappa shape index (κ3) is 2.65. The number of nitrogens with two attached hydrogens (primary N) is 1. The predicted octanol–water partition coefficient (Wildman–Crippen LogP) is 0.913. The lowest BCUT2D eigenvalue weighted by Crippen LogP contribution is -2.08. The Morgan fingerprint density at radius 2 is 2.14 bits per heavy atom. The lowest BCUT2D eigenvalue weighted by atomic mass is 10.3.